The van der Waals surface area contributed by atoms with Crippen LogP contribution in [0.2, 0.25) is 0 Å². The van der Waals surface area contributed by atoms with Crippen LogP contribution in [0.3, 0.4) is 0 Å². The Balaban J connectivity index is 1.40. The first-order chi connectivity index (χ1) is 15.2. The number of hydrogen-bond donors (Lipinski definition) is 1. The van der Waals surface area contributed by atoms with Crippen LogP contribution in [0.1, 0.15) is 62.6 Å². The van der Waals surface area contributed by atoms with Gasteiger partial charge in [0.2, 0.25) is 0 Å². The van der Waals surface area contributed by atoms with Crippen LogP contribution in [0.25, 0.3) is 5.70 Å². The highest BCUT2D eigenvalue weighted by molar-refractivity contribution is 5.78. The largest absolute Gasteiger partial charge is 0.346 e. The molecule has 2 fully saturated rings. The number of aromatic nitrogens is 1. The number of carbonyl (C=O) groups is 1. The fourth-order valence-corrected chi connectivity index (χ4v) is 6.22. The maximum Gasteiger partial charge on any atom is 0.319 e. The number of nitrogens with zero attached hydrogens (tertiary/aromatic N) is 3. The monoisotopic (exact) mass is 418 g/mol. The molecule has 1 atom stereocenters. The molecule has 1 unspecified atom stereocenters. The van der Waals surface area contributed by atoms with Crippen LogP contribution in [-0.2, 0) is 6.42 Å². The molecule has 5 nitrogen and oxygen atoms in total. The smallest absolute Gasteiger partial charge is 0.319 e. The Bertz CT molecular complexity index is 914. The van der Waals surface area contributed by atoms with Gasteiger partial charge in [-0.2, -0.15) is 0 Å². The van der Waals surface area contributed by atoms with E-state index in [1.54, 1.807) is 0 Å². The van der Waals surface area contributed by atoms with E-state index in [0.717, 1.165) is 55.7 Å². The fourth-order valence-electron chi connectivity index (χ4n) is 6.22. The van der Waals surface area contributed by atoms with Crippen molar-refractivity contribution < 1.29 is 4.79 Å². The Morgan fingerprint density at radius 1 is 1.23 bits per heavy atom. The van der Waals surface area contributed by atoms with Gasteiger partial charge in [0.05, 0.1) is 5.69 Å². The molecule has 1 aromatic heterocycles. The number of urea groups is 1. The van der Waals surface area contributed by atoms with Crippen LogP contribution >= 0.6 is 0 Å². The third kappa shape index (κ3) is 3.58. The lowest BCUT2D eigenvalue weighted by Gasteiger charge is -2.53. The van der Waals surface area contributed by atoms with Gasteiger partial charge in [-0.1, -0.05) is 49.6 Å². The van der Waals surface area contributed by atoms with E-state index in [0.29, 0.717) is 12.5 Å². The minimum atomic E-state index is -0.326. The Morgan fingerprint density at radius 2 is 2.10 bits per heavy atom. The standard InChI is InChI=1S/C26H34N4O/c1-20-23-13-8-15-27-24(23)19-26(22-11-6-3-7-12-22)29(20)17-18-30(26)25(31)28-16-14-21-9-4-2-5-10-21/h4,8-10,13,15,22H,1-3,5-7,11-12,14,16-19H2,(H,28,31). The molecule has 4 aliphatic rings. The van der Waals surface area contributed by atoms with Crippen molar-refractivity contribution in [1.29, 1.82) is 0 Å². The van der Waals surface area contributed by atoms with Crippen LogP contribution in [0.15, 0.2) is 48.7 Å². The SMILES string of the molecule is C=C1c2cccnc2CC2(C3CCCCC3)N1CCN2C(=O)NCCC1=CCCC=C1. The summed E-state index contributed by atoms with van der Waals surface area (Å²) in [6.07, 6.45) is 18.7. The molecule has 1 N–H and O–H groups in total. The van der Waals surface area contributed by atoms with Crippen molar-refractivity contribution in [1.82, 2.24) is 20.1 Å². The van der Waals surface area contributed by atoms with Gasteiger partial charge in [-0.3, -0.25) is 9.88 Å². The van der Waals surface area contributed by atoms with Crippen molar-refractivity contribution in [2.75, 3.05) is 19.6 Å². The summed E-state index contributed by atoms with van der Waals surface area (Å²) in [6.45, 7) is 6.75. The van der Waals surface area contributed by atoms with E-state index in [4.69, 9.17) is 4.98 Å². The third-order valence-electron chi connectivity index (χ3n) is 7.70. The number of allylic oxidation sites excluding steroid dienone is 3. The van der Waals surface area contributed by atoms with Crippen molar-refractivity contribution in [3.63, 3.8) is 0 Å². The van der Waals surface area contributed by atoms with E-state index in [9.17, 15) is 4.79 Å². The van der Waals surface area contributed by atoms with Gasteiger partial charge < -0.3 is 10.2 Å². The molecular formula is C26H34N4O. The summed E-state index contributed by atoms with van der Waals surface area (Å²) in [7, 11) is 0. The number of hydrogen-bond acceptors (Lipinski definition) is 3. The van der Waals surface area contributed by atoms with E-state index in [2.05, 4.69) is 46.0 Å². The Kier molecular flexibility index (Phi) is 5.59. The average Bonchev–Trinajstić information content (AvgIpc) is 3.21. The fraction of sp³-hybridized carbons (Fsp3) is 0.538. The zero-order chi connectivity index (χ0) is 21.3. The zero-order valence-electron chi connectivity index (χ0n) is 18.5. The van der Waals surface area contributed by atoms with E-state index < -0.39 is 0 Å². The van der Waals surface area contributed by atoms with Crippen molar-refractivity contribution in [2.24, 2.45) is 5.92 Å². The van der Waals surface area contributed by atoms with Gasteiger partial charge >= 0.3 is 6.03 Å². The highest BCUT2D eigenvalue weighted by Crippen LogP contribution is 2.49. The highest BCUT2D eigenvalue weighted by Gasteiger charge is 2.57. The van der Waals surface area contributed by atoms with Crippen molar-refractivity contribution in [2.45, 2.75) is 63.5 Å². The predicted octanol–water partition coefficient (Wildman–Crippen LogP) is 4.88. The molecule has 2 amide bonds. The summed E-state index contributed by atoms with van der Waals surface area (Å²) in [4.78, 5) is 22.8. The van der Waals surface area contributed by atoms with Crippen LogP contribution < -0.4 is 5.32 Å². The van der Waals surface area contributed by atoms with Crippen LogP contribution in [0.4, 0.5) is 4.79 Å². The van der Waals surface area contributed by atoms with Crippen LogP contribution in [0, 0.1) is 5.92 Å². The number of pyridine rings is 1. The zero-order valence-corrected chi connectivity index (χ0v) is 18.5. The normalized spacial score (nSPS) is 25.8. The first-order valence-corrected chi connectivity index (χ1v) is 12.0. The minimum Gasteiger partial charge on any atom is -0.346 e. The molecule has 0 radical (unpaired) electrons. The number of rotatable bonds is 4. The predicted molar refractivity (Wildman–Crippen MR) is 124 cm³/mol. The van der Waals surface area contributed by atoms with Crippen molar-refractivity contribution >= 4 is 11.7 Å². The molecule has 31 heavy (non-hydrogen) atoms. The highest BCUT2D eigenvalue weighted by atomic mass is 16.2. The van der Waals surface area contributed by atoms with Crippen molar-refractivity contribution in [3.8, 4) is 0 Å². The van der Waals surface area contributed by atoms with E-state index in [1.807, 2.05) is 12.3 Å². The third-order valence-corrected chi connectivity index (χ3v) is 7.70. The summed E-state index contributed by atoms with van der Waals surface area (Å²) in [5, 5.41) is 3.24. The Morgan fingerprint density at radius 3 is 2.90 bits per heavy atom. The second kappa shape index (κ2) is 8.52. The minimum absolute atomic E-state index is 0.0700. The maximum atomic E-state index is 13.5. The van der Waals surface area contributed by atoms with Crippen LogP contribution in [-0.4, -0.2) is 46.1 Å². The summed E-state index contributed by atoms with van der Waals surface area (Å²) >= 11 is 0. The van der Waals surface area contributed by atoms with E-state index in [1.165, 1.54) is 37.7 Å². The molecule has 3 heterocycles. The molecule has 2 aliphatic heterocycles. The molecule has 5 heteroatoms. The number of amides is 2. The quantitative estimate of drug-likeness (QED) is 0.758. The van der Waals surface area contributed by atoms with Gasteiger partial charge in [-0.05, 0) is 44.2 Å². The molecule has 5 rings (SSSR count). The molecule has 0 aromatic carbocycles. The maximum absolute atomic E-state index is 13.5. The lowest BCUT2D eigenvalue weighted by atomic mass is 9.74. The Hall–Kier alpha value is -2.56. The summed E-state index contributed by atoms with van der Waals surface area (Å²) in [5.41, 5.74) is 4.28. The summed E-state index contributed by atoms with van der Waals surface area (Å²) in [6, 6.07) is 4.19. The molecule has 164 valence electrons. The lowest BCUT2D eigenvalue weighted by Crippen LogP contribution is -2.64. The summed E-state index contributed by atoms with van der Waals surface area (Å²) < 4.78 is 0. The topological polar surface area (TPSA) is 48.5 Å². The number of carbonyl (C=O) groups excluding carboxylic acids is 1. The molecule has 1 saturated heterocycles. The van der Waals surface area contributed by atoms with E-state index in [-0.39, 0.29) is 11.7 Å². The molecule has 0 bridgehead atoms. The molecule has 2 aliphatic carbocycles. The molecule has 1 saturated carbocycles. The van der Waals surface area contributed by atoms with Crippen LogP contribution in [0.5, 0.6) is 0 Å². The number of nitrogens with one attached hydrogen (secondary N) is 1. The van der Waals surface area contributed by atoms with Crippen molar-refractivity contribution in [3.05, 3.63) is 60.0 Å². The first kappa shape index (κ1) is 20.3. The second-order valence-corrected chi connectivity index (χ2v) is 9.38. The lowest BCUT2D eigenvalue weighted by molar-refractivity contribution is -0.00603. The van der Waals surface area contributed by atoms with Gasteiger partial charge in [0.15, 0.2) is 0 Å². The molecule has 1 aromatic rings. The molecule has 0 spiro atoms. The van der Waals surface area contributed by atoms with Gasteiger partial charge in [0.25, 0.3) is 0 Å². The second-order valence-electron chi connectivity index (χ2n) is 9.38. The van der Waals surface area contributed by atoms with Gasteiger partial charge in [0, 0.05) is 49.4 Å². The van der Waals surface area contributed by atoms with E-state index >= 15 is 0 Å². The Labute approximate surface area is 185 Å². The van der Waals surface area contributed by atoms with Gasteiger partial charge in [-0.15, -0.1) is 0 Å². The summed E-state index contributed by atoms with van der Waals surface area (Å²) in [5.74, 6) is 0.463. The molecular weight excluding hydrogens is 384 g/mol. The average molecular weight is 419 g/mol. The number of fused-ring (bicyclic) bond motifs is 2. The first-order valence-electron chi connectivity index (χ1n) is 12.0. The van der Waals surface area contributed by atoms with Gasteiger partial charge in [-0.25, -0.2) is 4.79 Å². The van der Waals surface area contributed by atoms with Gasteiger partial charge in [0.1, 0.15) is 5.66 Å².